The molecule has 0 bridgehead atoms. The summed E-state index contributed by atoms with van der Waals surface area (Å²) >= 11 is 0. The fraction of sp³-hybridized carbons (Fsp3) is 1.00. The van der Waals surface area contributed by atoms with Crippen LogP contribution in [-0.2, 0) is 0 Å². The molecule has 60 valence electrons. The van der Waals surface area contributed by atoms with Crippen LogP contribution in [0.4, 0.5) is 0 Å². The Morgan fingerprint density at radius 3 is 2.50 bits per heavy atom. The van der Waals surface area contributed by atoms with Gasteiger partial charge in [0.25, 0.3) is 0 Å². The summed E-state index contributed by atoms with van der Waals surface area (Å²) in [5, 5.41) is 9.76. The highest BCUT2D eigenvalue weighted by Gasteiger charge is 2.32. The van der Waals surface area contributed by atoms with Gasteiger partial charge in [-0.1, -0.05) is 13.8 Å². The number of aliphatic hydroxyl groups is 1. The van der Waals surface area contributed by atoms with Gasteiger partial charge >= 0.3 is 0 Å². The molecule has 1 fully saturated rings. The number of likely N-dealkylation sites (tertiary alicyclic amines) is 1. The summed E-state index contributed by atoms with van der Waals surface area (Å²) in [4.78, 5) is 2.30. The second-order valence-corrected chi connectivity index (χ2v) is 3.20. The van der Waals surface area contributed by atoms with E-state index in [0.29, 0.717) is 0 Å². The van der Waals surface area contributed by atoms with Crippen LogP contribution in [0, 0.1) is 0 Å². The quantitative estimate of drug-likeness (QED) is 0.619. The molecule has 0 aliphatic carbocycles. The minimum atomic E-state index is -0.365. The summed E-state index contributed by atoms with van der Waals surface area (Å²) in [6.45, 7) is 7.21. The van der Waals surface area contributed by atoms with Crippen molar-refractivity contribution < 1.29 is 5.11 Å². The molecule has 0 amide bonds. The summed E-state index contributed by atoms with van der Waals surface area (Å²) in [5.41, 5.74) is -0.365. The van der Waals surface area contributed by atoms with Crippen LogP contribution in [-0.4, -0.2) is 35.2 Å². The van der Waals surface area contributed by atoms with Crippen LogP contribution in [0.3, 0.4) is 0 Å². The Hall–Kier alpha value is -0.0800. The number of hydrogen-bond acceptors (Lipinski definition) is 2. The summed E-state index contributed by atoms with van der Waals surface area (Å²) in [5.74, 6) is 0. The lowest BCUT2D eigenvalue weighted by Gasteiger charge is -2.20. The predicted molar refractivity (Wildman–Crippen MR) is 42.0 cm³/mol. The molecule has 0 saturated carbocycles. The molecule has 1 N–H and O–H groups in total. The average molecular weight is 143 g/mol. The number of rotatable bonds is 2. The lowest BCUT2D eigenvalue weighted by Crippen LogP contribution is -2.32. The van der Waals surface area contributed by atoms with Crippen molar-refractivity contribution in [3.63, 3.8) is 0 Å². The van der Waals surface area contributed by atoms with Crippen LogP contribution < -0.4 is 0 Å². The van der Waals surface area contributed by atoms with Gasteiger partial charge in [-0.15, -0.1) is 0 Å². The first-order valence-corrected chi connectivity index (χ1v) is 4.15. The Bertz CT molecular complexity index is 116. The van der Waals surface area contributed by atoms with Crippen molar-refractivity contribution in [2.45, 2.75) is 32.3 Å². The highest BCUT2D eigenvalue weighted by Crippen LogP contribution is 2.23. The van der Waals surface area contributed by atoms with Gasteiger partial charge in [-0.3, -0.25) is 0 Å². The number of β-amino-alcohol motifs (C(OH)–C–C–N with tert-alkyl or cyclic N) is 1. The van der Waals surface area contributed by atoms with Crippen LogP contribution in [0.25, 0.3) is 0 Å². The van der Waals surface area contributed by atoms with E-state index in [2.05, 4.69) is 18.7 Å². The SMILES string of the molecule is CCN1CCC(O)(CC)C1. The van der Waals surface area contributed by atoms with E-state index in [9.17, 15) is 5.11 Å². The first kappa shape index (κ1) is 8.02. The molecule has 1 unspecified atom stereocenters. The normalized spacial score (nSPS) is 35.1. The number of nitrogens with zero attached hydrogens (tertiary/aromatic N) is 1. The summed E-state index contributed by atoms with van der Waals surface area (Å²) < 4.78 is 0. The lowest BCUT2D eigenvalue weighted by molar-refractivity contribution is 0.0461. The van der Waals surface area contributed by atoms with Gasteiger partial charge in [0.05, 0.1) is 5.60 Å². The first-order valence-electron chi connectivity index (χ1n) is 4.15. The molecule has 1 heterocycles. The Balaban J connectivity index is 2.41. The van der Waals surface area contributed by atoms with E-state index in [1.165, 1.54) is 0 Å². The molecule has 0 spiro atoms. The number of likely N-dealkylation sites (N-methyl/N-ethyl adjacent to an activating group) is 1. The standard InChI is InChI=1S/C8H17NO/c1-3-8(10)5-6-9(4-2)7-8/h10H,3-7H2,1-2H3. The molecule has 1 aliphatic rings. The van der Waals surface area contributed by atoms with E-state index >= 15 is 0 Å². The monoisotopic (exact) mass is 143 g/mol. The van der Waals surface area contributed by atoms with Crippen molar-refractivity contribution in [1.29, 1.82) is 0 Å². The van der Waals surface area contributed by atoms with Crippen molar-refractivity contribution >= 4 is 0 Å². The van der Waals surface area contributed by atoms with Gasteiger partial charge in [0.1, 0.15) is 0 Å². The maximum atomic E-state index is 9.76. The number of hydrogen-bond donors (Lipinski definition) is 1. The lowest BCUT2D eigenvalue weighted by atomic mass is 10.0. The molecule has 0 aromatic rings. The molecular weight excluding hydrogens is 126 g/mol. The minimum Gasteiger partial charge on any atom is -0.389 e. The van der Waals surface area contributed by atoms with Gasteiger partial charge in [0.15, 0.2) is 0 Å². The van der Waals surface area contributed by atoms with Crippen molar-refractivity contribution in [2.24, 2.45) is 0 Å². The fourth-order valence-electron chi connectivity index (χ4n) is 1.50. The highest BCUT2D eigenvalue weighted by molar-refractivity contribution is 4.87. The Morgan fingerprint density at radius 2 is 2.20 bits per heavy atom. The maximum absolute atomic E-state index is 9.76. The zero-order valence-corrected chi connectivity index (χ0v) is 6.93. The molecular formula is C8H17NO. The first-order chi connectivity index (χ1) is 4.70. The third-order valence-corrected chi connectivity index (χ3v) is 2.52. The smallest absolute Gasteiger partial charge is 0.0783 e. The van der Waals surface area contributed by atoms with Gasteiger partial charge in [-0.05, 0) is 19.4 Å². The van der Waals surface area contributed by atoms with E-state index in [-0.39, 0.29) is 5.60 Å². The third kappa shape index (κ3) is 1.50. The Labute approximate surface area is 62.8 Å². The van der Waals surface area contributed by atoms with E-state index < -0.39 is 0 Å². The zero-order valence-electron chi connectivity index (χ0n) is 6.93. The maximum Gasteiger partial charge on any atom is 0.0783 e. The third-order valence-electron chi connectivity index (χ3n) is 2.52. The van der Waals surface area contributed by atoms with Gasteiger partial charge in [0.2, 0.25) is 0 Å². The molecule has 0 aromatic heterocycles. The van der Waals surface area contributed by atoms with Crippen LogP contribution in [0.1, 0.15) is 26.7 Å². The predicted octanol–water partition coefficient (Wildman–Crippen LogP) is 0.853. The van der Waals surface area contributed by atoms with Gasteiger partial charge in [0, 0.05) is 13.1 Å². The van der Waals surface area contributed by atoms with Crippen molar-refractivity contribution in [3.8, 4) is 0 Å². The van der Waals surface area contributed by atoms with Gasteiger partial charge in [-0.2, -0.15) is 0 Å². The average Bonchev–Trinajstić information content (AvgIpc) is 2.33. The second kappa shape index (κ2) is 2.89. The van der Waals surface area contributed by atoms with Gasteiger partial charge < -0.3 is 10.0 Å². The van der Waals surface area contributed by atoms with Crippen molar-refractivity contribution in [3.05, 3.63) is 0 Å². The summed E-state index contributed by atoms with van der Waals surface area (Å²) in [7, 11) is 0. The van der Waals surface area contributed by atoms with Crippen molar-refractivity contribution in [2.75, 3.05) is 19.6 Å². The Kier molecular flexibility index (Phi) is 2.32. The van der Waals surface area contributed by atoms with Gasteiger partial charge in [-0.25, -0.2) is 0 Å². The van der Waals surface area contributed by atoms with E-state index in [4.69, 9.17) is 0 Å². The van der Waals surface area contributed by atoms with Crippen LogP contribution >= 0.6 is 0 Å². The molecule has 1 atom stereocenters. The highest BCUT2D eigenvalue weighted by atomic mass is 16.3. The molecule has 1 rings (SSSR count). The van der Waals surface area contributed by atoms with Crippen molar-refractivity contribution in [1.82, 2.24) is 4.90 Å². The molecule has 1 saturated heterocycles. The van der Waals surface area contributed by atoms with E-state index in [0.717, 1.165) is 32.5 Å². The minimum absolute atomic E-state index is 0.365. The van der Waals surface area contributed by atoms with Crippen LogP contribution in [0.2, 0.25) is 0 Å². The van der Waals surface area contributed by atoms with Crippen LogP contribution in [0.5, 0.6) is 0 Å². The topological polar surface area (TPSA) is 23.5 Å². The summed E-state index contributed by atoms with van der Waals surface area (Å²) in [6.07, 6.45) is 1.85. The zero-order chi connectivity index (χ0) is 7.61. The van der Waals surface area contributed by atoms with E-state index in [1.807, 2.05) is 0 Å². The second-order valence-electron chi connectivity index (χ2n) is 3.20. The Morgan fingerprint density at radius 1 is 1.50 bits per heavy atom. The fourth-order valence-corrected chi connectivity index (χ4v) is 1.50. The summed E-state index contributed by atoms with van der Waals surface area (Å²) in [6, 6.07) is 0. The molecule has 0 radical (unpaired) electrons. The molecule has 10 heavy (non-hydrogen) atoms. The molecule has 1 aliphatic heterocycles. The largest absolute Gasteiger partial charge is 0.389 e. The van der Waals surface area contributed by atoms with Crippen LogP contribution in [0.15, 0.2) is 0 Å². The van der Waals surface area contributed by atoms with E-state index in [1.54, 1.807) is 0 Å². The molecule has 2 nitrogen and oxygen atoms in total. The molecule has 0 aromatic carbocycles. The molecule has 2 heteroatoms.